The summed E-state index contributed by atoms with van der Waals surface area (Å²) in [7, 11) is 0. The lowest BCUT2D eigenvalue weighted by molar-refractivity contribution is 0.0692. The Morgan fingerprint density at radius 3 is 2.89 bits per heavy atom. The zero-order valence-electron chi connectivity index (χ0n) is 10.1. The van der Waals surface area contributed by atoms with Crippen LogP contribution in [0.4, 0.5) is 5.00 Å². The predicted octanol–water partition coefficient (Wildman–Crippen LogP) is 3.29. The van der Waals surface area contributed by atoms with Crippen molar-refractivity contribution in [3.05, 3.63) is 33.6 Å². The van der Waals surface area contributed by atoms with Gasteiger partial charge < -0.3 is 10.4 Å². The van der Waals surface area contributed by atoms with Crippen LogP contribution in [0.15, 0.2) is 23.0 Å². The highest BCUT2D eigenvalue weighted by atomic mass is 32.1. The van der Waals surface area contributed by atoms with Gasteiger partial charge in [-0.25, -0.2) is 9.78 Å². The molecule has 0 spiro atoms. The van der Waals surface area contributed by atoms with E-state index in [1.807, 2.05) is 11.4 Å². The number of rotatable bonds is 5. The van der Waals surface area contributed by atoms with Crippen molar-refractivity contribution in [2.24, 2.45) is 0 Å². The van der Waals surface area contributed by atoms with E-state index >= 15 is 0 Å². The van der Waals surface area contributed by atoms with Gasteiger partial charge in [-0.2, -0.15) is 0 Å². The van der Waals surface area contributed by atoms with Gasteiger partial charge in [0.2, 0.25) is 0 Å². The molecule has 0 fully saturated rings. The summed E-state index contributed by atoms with van der Waals surface area (Å²) in [6.45, 7) is 4.94. The third-order valence-electron chi connectivity index (χ3n) is 2.65. The number of aromatic carboxylic acids is 1. The fourth-order valence-electron chi connectivity index (χ4n) is 1.58. The van der Waals surface area contributed by atoms with Crippen molar-refractivity contribution in [3.63, 3.8) is 0 Å². The molecule has 0 aliphatic heterocycles. The first kappa shape index (κ1) is 13.0. The van der Waals surface area contributed by atoms with E-state index in [9.17, 15) is 4.79 Å². The van der Waals surface area contributed by atoms with Crippen LogP contribution in [0, 0.1) is 0 Å². The third-order valence-corrected chi connectivity index (χ3v) is 4.67. The van der Waals surface area contributed by atoms with Gasteiger partial charge in [-0.1, -0.05) is 19.9 Å². The van der Waals surface area contributed by atoms with E-state index in [2.05, 4.69) is 30.2 Å². The van der Waals surface area contributed by atoms with Crippen molar-refractivity contribution in [2.75, 3.05) is 11.9 Å². The number of nitrogens with one attached hydrogen (secondary N) is 1. The van der Waals surface area contributed by atoms with E-state index in [1.54, 1.807) is 16.8 Å². The molecular formula is C12H14N2O2S2. The molecule has 0 aliphatic rings. The van der Waals surface area contributed by atoms with Crippen molar-refractivity contribution in [1.82, 2.24) is 4.98 Å². The molecule has 0 aromatic carbocycles. The largest absolute Gasteiger partial charge is 0.476 e. The molecule has 2 rings (SSSR count). The summed E-state index contributed by atoms with van der Waals surface area (Å²) in [6.07, 6.45) is 0. The molecular weight excluding hydrogens is 268 g/mol. The molecule has 2 heterocycles. The first-order valence-corrected chi connectivity index (χ1v) is 7.21. The highest BCUT2D eigenvalue weighted by molar-refractivity contribution is 7.14. The van der Waals surface area contributed by atoms with Crippen LogP contribution < -0.4 is 5.32 Å². The number of carboxylic acids is 1. The van der Waals surface area contributed by atoms with Gasteiger partial charge in [0.1, 0.15) is 5.00 Å². The Morgan fingerprint density at radius 1 is 1.50 bits per heavy atom. The van der Waals surface area contributed by atoms with Crippen molar-refractivity contribution < 1.29 is 9.90 Å². The summed E-state index contributed by atoms with van der Waals surface area (Å²) in [5.41, 5.74) is 1.61. The Kier molecular flexibility index (Phi) is 3.68. The maximum absolute atomic E-state index is 10.9. The summed E-state index contributed by atoms with van der Waals surface area (Å²) in [5.74, 6) is -0.993. The number of thiazole rings is 1. The van der Waals surface area contributed by atoms with Crippen LogP contribution in [0.2, 0.25) is 0 Å². The molecule has 2 N–H and O–H groups in total. The highest BCUT2D eigenvalue weighted by Crippen LogP contribution is 2.29. The fraction of sp³-hybridized carbons (Fsp3) is 0.333. The van der Waals surface area contributed by atoms with Crippen molar-refractivity contribution in [2.45, 2.75) is 19.3 Å². The molecule has 0 aliphatic carbocycles. The zero-order valence-corrected chi connectivity index (χ0v) is 11.8. The Bertz CT molecular complexity index is 532. The number of hydrogen-bond acceptors (Lipinski definition) is 5. The van der Waals surface area contributed by atoms with Crippen LogP contribution in [0.3, 0.4) is 0 Å². The zero-order chi connectivity index (χ0) is 13.2. The van der Waals surface area contributed by atoms with Crippen LogP contribution in [-0.2, 0) is 5.41 Å². The van der Waals surface area contributed by atoms with Gasteiger partial charge >= 0.3 is 5.97 Å². The van der Waals surface area contributed by atoms with Crippen molar-refractivity contribution >= 4 is 33.6 Å². The maximum Gasteiger partial charge on any atom is 0.357 e. The van der Waals surface area contributed by atoms with Gasteiger partial charge in [0, 0.05) is 16.8 Å². The summed E-state index contributed by atoms with van der Waals surface area (Å²) in [6, 6.07) is 4.12. The Balaban J connectivity index is 2.08. The molecule has 0 bridgehead atoms. The van der Waals surface area contributed by atoms with E-state index in [1.165, 1.54) is 16.2 Å². The average molecular weight is 282 g/mol. The number of nitrogens with zero attached hydrogens (tertiary/aromatic N) is 1. The molecule has 0 amide bonds. The van der Waals surface area contributed by atoms with E-state index in [0.29, 0.717) is 11.5 Å². The van der Waals surface area contributed by atoms with Crippen LogP contribution in [-0.4, -0.2) is 22.6 Å². The number of hydrogen-bond donors (Lipinski definition) is 2. The third kappa shape index (κ3) is 2.70. The number of aromatic nitrogens is 1. The quantitative estimate of drug-likeness (QED) is 0.883. The van der Waals surface area contributed by atoms with E-state index in [0.717, 1.165) is 0 Å². The van der Waals surface area contributed by atoms with Crippen LogP contribution in [0.1, 0.15) is 29.2 Å². The van der Waals surface area contributed by atoms with Crippen LogP contribution in [0.5, 0.6) is 0 Å². The van der Waals surface area contributed by atoms with E-state index < -0.39 is 5.97 Å². The van der Waals surface area contributed by atoms with Gasteiger partial charge in [-0.05, 0) is 11.4 Å². The lowest BCUT2D eigenvalue weighted by Crippen LogP contribution is -2.26. The summed E-state index contributed by atoms with van der Waals surface area (Å²) < 4.78 is 0. The SMILES string of the molecule is CC(C)(CNc1scnc1C(=O)O)c1cccs1. The molecule has 18 heavy (non-hydrogen) atoms. The minimum Gasteiger partial charge on any atom is -0.476 e. The number of carbonyl (C=O) groups is 1. The van der Waals surface area contributed by atoms with Gasteiger partial charge in [0.25, 0.3) is 0 Å². The Morgan fingerprint density at radius 2 is 2.28 bits per heavy atom. The lowest BCUT2D eigenvalue weighted by atomic mass is 9.91. The Hall–Kier alpha value is -1.40. The van der Waals surface area contributed by atoms with E-state index in [-0.39, 0.29) is 11.1 Å². The molecule has 0 saturated carbocycles. The molecule has 4 nitrogen and oxygen atoms in total. The minimum atomic E-state index is -0.993. The topological polar surface area (TPSA) is 62.2 Å². The van der Waals surface area contributed by atoms with Crippen molar-refractivity contribution in [3.8, 4) is 0 Å². The maximum atomic E-state index is 10.9. The molecule has 96 valence electrons. The first-order valence-electron chi connectivity index (χ1n) is 5.45. The molecule has 2 aromatic rings. The molecule has 0 unspecified atom stereocenters. The van der Waals surface area contributed by atoms with Gasteiger partial charge in [-0.3, -0.25) is 0 Å². The Labute approximate surface area is 113 Å². The number of thiophene rings is 1. The summed E-state index contributed by atoms with van der Waals surface area (Å²) in [5, 5.41) is 14.8. The normalized spacial score (nSPS) is 11.4. The standard InChI is InChI=1S/C12H14N2O2S2/c1-12(2,8-4-3-5-17-8)6-13-10-9(11(15)16)14-7-18-10/h3-5,7,13H,6H2,1-2H3,(H,15,16). The van der Waals surface area contributed by atoms with E-state index in [4.69, 9.17) is 5.11 Å². The number of carboxylic acid groups (broad SMARTS) is 1. The summed E-state index contributed by atoms with van der Waals surface area (Å²) >= 11 is 3.03. The molecule has 0 atom stereocenters. The second-order valence-electron chi connectivity index (χ2n) is 4.55. The van der Waals surface area contributed by atoms with Gasteiger partial charge in [-0.15, -0.1) is 22.7 Å². The average Bonchev–Trinajstić information content (AvgIpc) is 2.97. The second kappa shape index (κ2) is 5.07. The monoisotopic (exact) mass is 282 g/mol. The van der Waals surface area contributed by atoms with Crippen LogP contribution >= 0.6 is 22.7 Å². The first-order chi connectivity index (χ1) is 8.50. The predicted molar refractivity (Wildman–Crippen MR) is 74.9 cm³/mol. The molecule has 2 aromatic heterocycles. The van der Waals surface area contributed by atoms with Gasteiger partial charge in [0.15, 0.2) is 5.69 Å². The molecule has 6 heteroatoms. The smallest absolute Gasteiger partial charge is 0.357 e. The minimum absolute atomic E-state index is 0.0338. The van der Waals surface area contributed by atoms with Crippen molar-refractivity contribution in [1.29, 1.82) is 0 Å². The highest BCUT2D eigenvalue weighted by Gasteiger charge is 2.23. The molecule has 0 saturated heterocycles. The lowest BCUT2D eigenvalue weighted by Gasteiger charge is -2.23. The van der Waals surface area contributed by atoms with Crippen LogP contribution in [0.25, 0.3) is 0 Å². The molecule has 0 radical (unpaired) electrons. The van der Waals surface area contributed by atoms with Gasteiger partial charge in [0.05, 0.1) is 5.51 Å². The fourth-order valence-corrected chi connectivity index (χ4v) is 3.10. The summed E-state index contributed by atoms with van der Waals surface area (Å²) in [4.78, 5) is 16.1. The number of anilines is 1. The second-order valence-corrected chi connectivity index (χ2v) is 6.35.